The number of hydrogen-bond acceptors (Lipinski definition) is 3. The van der Waals surface area contributed by atoms with Gasteiger partial charge in [-0.1, -0.05) is 54.1 Å². The topological polar surface area (TPSA) is 70.5 Å². The molecule has 1 N–H and O–H groups in total. The molecule has 1 atom stereocenters. The number of carbonyl (C=O) groups is 2. The van der Waals surface area contributed by atoms with E-state index in [1.165, 1.54) is 5.56 Å². The zero-order valence-corrected chi connectivity index (χ0v) is 19.2. The van der Waals surface area contributed by atoms with E-state index in [4.69, 9.17) is 16.6 Å². The normalized spacial score (nSPS) is 15.5. The molecule has 33 heavy (non-hydrogen) atoms. The van der Waals surface area contributed by atoms with E-state index in [1.54, 1.807) is 24.3 Å². The number of aromatic nitrogens is 1. The molecular weight excluding hydrogens is 436 g/mol. The van der Waals surface area contributed by atoms with Crippen molar-refractivity contribution in [3.05, 3.63) is 99.8 Å². The second kappa shape index (κ2) is 10.6. The van der Waals surface area contributed by atoms with Crippen LogP contribution in [-0.4, -0.2) is 33.4 Å². The minimum Gasteiger partial charge on any atom is -0.478 e. The van der Waals surface area contributed by atoms with Gasteiger partial charge in [-0.3, -0.25) is 9.78 Å². The van der Waals surface area contributed by atoms with Crippen molar-refractivity contribution in [1.82, 2.24) is 9.88 Å². The van der Waals surface area contributed by atoms with Crippen molar-refractivity contribution in [2.24, 2.45) is 0 Å². The number of rotatable bonds is 8. The number of aromatic carboxylic acids is 1. The molecule has 6 heteroatoms. The maximum atomic E-state index is 13.0. The second-order valence-corrected chi connectivity index (χ2v) is 8.86. The summed E-state index contributed by atoms with van der Waals surface area (Å²) in [5.41, 5.74) is 3.75. The van der Waals surface area contributed by atoms with E-state index in [2.05, 4.69) is 12.1 Å². The van der Waals surface area contributed by atoms with E-state index in [-0.39, 0.29) is 17.5 Å². The number of benzene rings is 2. The van der Waals surface area contributed by atoms with Crippen LogP contribution in [0.5, 0.6) is 0 Å². The number of aryl methyl sites for hydroxylation is 2. The molecule has 0 saturated carbocycles. The number of pyridine rings is 1. The highest BCUT2D eigenvalue weighted by molar-refractivity contribution is 6.30. The number of carbonyl (C=O) groups excluding carboxylic acids is 1. The summed E-state index contributed by atoms with van der Waals surface area (Å²) in [6.45, 7) is 0.683. The van der Waals surface area contributed by atoms with Crippen molar-refractivity contribution in [1.29, 1.82) is 0 Å². The molecule has 0 radical (unpaired) electrons. The quantitative estimate of drug-likeness (QED) is 0.478. The van der Waals surface area contributed by atoms with Gasteiger partial charge in [0.1, 0.15) is 0 Å². The molecule has 1 aromatic heterocycles. The summed E-state index contributed by atoms with van der Waals surface area (Å²) in [4.78, 5) is 31.5. The van der Waals surface area contributed by atoms with Crippen molar-refractivity contribution in [3.8, 4) is 0 Å². The minimum atomic E-state index is -0.967. The molecular formula is C27H27ClN2O3. The minimum absolute atomic E-state index is 0.0505. The molecule has 2 heterocycles. The van der Waals surface area contributed by atoms with Crippen LogP contribution in [0.2, 0.25) is 5.02 Å². The molecule has 0 spiro atoms. The lowest BCUT2D eigenvalue weighted by Crippen LogP contribution is -2.32. The third-order valence-corrected chi connectivity index (χ3v) is 6.38. The molecule has 0 bridgehead atoms. The van der Waals surface area contributed by atoms with Crippen molar-refractivity contribution in [3.63, 3.8) is 0 Å². The van der Waals surface area contributed by atoms with Crippen LogP contribution in [0.25, 0.3) is 0 Å². The van der Waals surface area contributed by atoms with Crippen molar-refractivity contribution in [2.75, 3.05) is 6.54 Å². The molecule has 1 saturated heterocycles. The maximum Gasteiger partial charge on any atom is 0.337 e. The summed E-state index contributed by atoms with van der Waals surface area (Å²) in [6.07, 6.45) is 4.30. The lowest BCUT2D eigenvalue weighted by Gasteiger charge is -2.25. The third-order valence-electron chi connectivity index (χ3n) is 6.13. The SMILES string of the molecule is O=C(O)c1ccc([C@H]2CCCN2C(=O)Cc2ccc(Cl)cc2)nc1CCCc1ccccc1. The smallest absolute Gasteiger partial charge is 0.337 e. The van der Waals surface area contributed by atoms with Gasteiger partial charge in [-0.05, 0) is 67.5 Å². The van der Waals surface area contributed by atoms with Gasteiger partial charge in [-0.25, -0.2) is 4.79 Å². The molecule has 0 aliphatic carbocycles. The molecule has 2 aromatic carbocycles. The Labute approximate surface area is 199 Å². The zero-order chi connectivity index (χ0) is 23.2. The second-order valence-electron chi connectivity index (χ2n) is 8.42. The van der Waals surface area contributed by atoms with E-state index in [9.17, 15) is 14.7 Å². The van der Waals surface area contributed by atoms with Gasteiger partial charge in [0.2, 0.25) is 5.91 Å². The number of carboxylic acid groups (broad SMARTS) is 1. The summed E-state index contributed by atoms with van der Waals surface area (Å²) in [7, 11) is 0. The number of likely N-dealkylation sites (tertiary alicyclic amines) is 1. The van der Waals surface area contributed by atoms with Crippen LogP contribution < -0.4 is 0 Å². The molecule has 4 rings (SSSR count). The molecule has 5 nitrogen and oxygen atoms in total. The first-order valence-corrected chi connectivity index (χ1v) is 11.7. The predicted octanol–water partition coefficient (Wildman–Crippen LogP) is 5.51. The average molecular weight is 463 g/mol. The highest BCUT2D eigenvalue weighted by Crippen LogP contribution is 2.32. The fraction of sp³-hybridized carbons (Fsp3) is 0.296. The van der Waals surface area contributed by atoms with Crippen LogP contribution in [0.3, 0.4) is 0 Å². The van der Waals surface area contributed by atoms with Gasteiger partial charge in [0.15, 0.2) is 0 Å². The van der Waals surface area contributed by atoms with Crippen LogP contribution in [-0.2, 0) is 24.1 Å². The first-order valence-electron chi connectivity index (χ1n) is 11.3. The molecule has 1 fully saturated rings. The number of nitrogens with zero attached hydrogens (tertiary/aromatic N) is 2. The number of carboxylic acids is 1. The van der Waals surface area contributed by atoms with Gasteiger partial charge < -0.3 is 10.0 Å². The Balaban J connectivity index is 1.49. The molecule has 1 aliphatic rings. The van der Waals surface area contributed by atoms with E-state index in [0.29, 0.717) is 30.1 Å². The van der Waals surface area contributed by atoms with Crippen molar-refractivity contribution >= 4 is 23.5 Å². The van der Waals surface area contributed by atoms with Crippen LogP contribution >= 0.6 is 11.6 Å². The number of halogens is 1. The van der Waals surface area contributed by atoms with Gasteiger partial charge in [0, 0.05) is 11.6 Å². The van der Waals surface area contributed by atoms with Crippen molar-refractivity contribution in [2.45, 2.75) is 44.6 Å². The Morgan fingerprint density at radius 2 is 1.73 bits per heavy atom. The molecule has 1 aliphatic heterocycles. The third kappa shape index (κ3) is 5.79. The van der Waals surface area contributed by atoms with Crippen LogP contribution in [0.1, 0.15) is 58.2 Å². The molecule has 3 aromatic rings. The number of amides is 1. The maximum absolute atomic E-state index is 13.0. The molecule has 0 unspecified atom stereocenters. The number of hydrogen-bond donors (Lipinski definition) is 1. The predicted molar refractivity (Wildman–Crippen MR) is 129 cm³/mol. The summed E-state index contributed by atoms with van der Waals surface area (Å²) in [5.74, 6) is -0.916. The molecule has 1 amide bonds. The average Bonchev–Trinajstić information content (AvgIpc) is 3.31. The van der Waals surface area contributed by atoms with Crippen molar-refractivity contribution < 1.29 is 14.7 Å². The summed E-state index contributed by atoms with van der Waals surface area (Å²) in [5, 5.41) is 10.3. The lowest BCUT2D eigenvalue weighted by atomic mass is 10.0. The summed E-state index contributed by atoms with van der Waals surface area (Å²) < 4.78 is 0. The standard InChI is InChI=1S/C27H27ClN2O3/c28-21-13-11-20(12-14-21)18-26(31)30-17-5-10-25(30)24-16-15-22(27(32)33)23(29-24)9-4-8-19-6-2-1-3-7-19/h1-3,6-7,11-16,25H,4-5,8-10,17-18H2,(H,32,33)/t25-/m1/s1. The van der Waals surface area contributed by atoms with Gasteiger partial charge >= 0.3 is 5.97 Å². The first kappa shape index (κ1) is 23.0. The Morgan fingerprint density at radius 3 is 2.45 bits per heavy atom. The van der Waals surface area contributed by atoms with Crippen LogP contribution in [0.15, 0.2) is 66.7 Å². The summed E-state index contributed by atoms with van der Waals surface area (Å²) in [6, 6.07) is 20.8. The highest BCUT2D eigenvalue weighted by Gasteiger charge is 2.31. The Morgan fingerprint density at radius 1 is 0.970 bits per heavy atom. The van der Waals surface area contributed by atoms with E-state index in [0.717, 1.165) is 36.9 Å². The van der Waals surface area contributed by atoms with Crippen LogP contribution in [0.4, 0.5) is 0 Å². The Bertz CT molecular complexity index is 1120. The molecule has 170 valence electrons. The first-order chi connectivity index (χ1) is 16.0. The Hall–Kier alpha value is -3.18. The summed E-state index contributed by atoms with van der Waals surface area (Å²) >= 11 is 5.95. The fourth-order valence-electron chi connectivity index (χ4n) is 4.44. The van der Waals surface area contributed by atoms with Gasteiger partial charge in [-0.15, -0.1) is 0 Å². The Kier molecular flexibility index (Phi) is 7.40. The van der Waals surface area contributed by atoms with E-state index >= 15 is 0 Å². The van der Waals surface area contributed by atoms with E-state index < -0.39 is 5.97 Å². The largest absolute Gasteiger partial charge is 0.478 e. The van der Waals surface area contributed by atoms with Crippen LogP contribution in [0, 0.1) is 0 Å². The van der Waals surface area contributed by atoms with E-state index in [1.807, 2.05) is 35.2 Å². The monoisotopic (exact) mass is 462 g/mol. The fourth-order valence-corrected chi connectivity index (χ4v) is 4.57. The van der Waals surface area contributed by atoms with Gasteiger partial charge in [0.25, 0.3) is 0 Å². The lowest BCUT2D eigenvalue weighted by molar-refractivity contribution is -0.131. The highest BCUT2D eigenvalue weighted by atomic mass is 35.5. The van der Waals surface area contributed by atoms with Gasteiger partial charge in [-0.2, -0.15) is 0 Å². The zero-order valence-electron chi connectivity index (χ0n) is 18.4. The van der Waals surface area contributed by atoms with Gasteiger partial charge in [0.05, 0.1) is 29.4 Å².